The summed E-state index contributed by atoms with van der Waals surface area (Å²) < 4.78 is 39.2. The van der Waals surface area contributed by atoms with E-state index in [-0.39, 0.29) is 28.0 Å². The first-order valence-corrected chi connectivity index (χ1v) is 11.3. The van der Waals surface area contributed by atoms with Crippen molar-refractivity contribution in [2.45, 2.75) is 49.9 Å². The van der Waals surface area contributed by atoms with E-state index < -0.39 is 21.3 Å². The standard InChI is InChI=1S/C23H26N2O5S/c1-16-11-13-19(14-12-16)31(27,28)21-17(2)24-25(23(3,4)5)22(21)30-20(26)15-29-18-9-7-6-8-10-18/h6-14H,15H2,1-5H3. The lowest BCUT2D eigenvalue weighted by Gasteiger charge is -2.22. The molecular weight excluding hydrogens is 416 g/mol. The highest BCUT2D eigenvalue weighted by molar-refractivity contribution is 7.91. The fourth-order valence-corrected chi connectivity index (χ4v) is 4.49. The smallest absolute Gasteiger partial charge is 0.350 e. The van der Waals surface area contributed by atoms with Crippen LogP contribution in [0.25, 0.3) is 0 Å². The average Bonchev–Trinajstić information content (AvgIpc) is 3.04. The van der Waals surface area contributed by atoms with E-state index in [0.29, 0.717) is 5.75 Å². The van der Waals surface area contributed by atoms with Crippen molar-refractivity contribution in [1.82, 2.24) is 9.78 Å². The monoisotopic (exact) mass is 442 g/mol. The number of benzene rings is 2. The molecule has 1 aromatic heterocycles. The molecule has 3 rings (SSSR count). The Kier molecular flexibility index (Phi) is 6.22. The fraction of sp³-hybridized carbons (Fsp3) is 0.304. The van der Waals surface area contributed by atoms with Crippen molar-refractivity contribution < 1.29 is 22.7 Å². The zero-order valence-corrected chi connectivity index (χ0v) is 19.1. The Morgan fingerprint density at radius 1 is 1.00 bits per heavy atom. The molecule has 0 aliphatic heterocycles. The van der Waals surface area contributed by atoms with E-state index in [1.54, 1.807) is 43.3 Å². The Morgan fingerprint density at radius 3 is 2.19 bits per heavy atom. The first-order valence-electron chi connectivity index (χ1n) is 9.80. The van der Waals surface area contributed by atoms with Crippen molar-refractivity contribution in [2.24, 2.45) is 0 Å². The van der Waals surface area contributed by atoms with E-state index in [4.69, 9.17) is 9.47 Å². The maximum absolute atomic E-state index is 13.4. The van der Waals surface area contributed by atoms with Gasteiger partial charge >= 0.3 is 5.97 Å². The maximum Gasteiger partial charge on any atom is 0.350 e. The third-order valence-electron chi connectivity index (χ3n) is 4.51. The number of rotatable bonds is 6. The van der Waals surface area contributed by atoms with Gasteiger partial charge in [0.2, 0.25) is 15.7 Å². The van der Waals surface area contributed by atoms with Crippen LogP contribution in [0.15, 0.2) is 64.4 Å². The van der Waals surface area contributed by atoms with Crippen molar-refractivity contribution in [3.05, 3.63) is 65.9 Å². The number of ether oxygens (including phenoxy) is 2. The van der Waals surface area contributed by atoms with E-state index in [1.807, 2.05) is 33.8 Å². The minimum atomic E-state index is -3.97. The quantitative estimate of drug-likeness (QED) is 0.535. The van der Waals surface area contributed by atoms with E-state index >= 15 is 0 Å². The number of sulfone groups is 1. The summed E-state index contributed by atoms with van der Waals surface area (Å²) in [7, 11) is -3.97. The predicted octanol–water partition coefficient (Wildman–Crippen LogP) is 4.07. The topological polar surface area (TPSA) is 87.5 Å². The van der Waals surface area contributed by atoms with Crippen LogP contribution in [0.4, 0.5) is 0 Å². The van der Waals surface area contributed by atoms with Gasteiger partial charge in [-0.2, -0.15) is 5.10 Å². The second-order valence-corrected chi connectivity index (χ2v) is 10.1. The van der Waals surface area contributed by atoms with Gasteiger partial charge in [0.05, 0.1) is 16.1 Å². The van der Waals surface area contributed by atoms with Gasteiger partial charge in [0.1, 0.15) is 5.75 Å². The molecule has 164 valence electrons. The summed E-state index contributed by atoms with van der Waals surface area (Å²) in [6.07, 6.45) is 0. The molecular formula is C23H26N2O5S. The summed E-state index contributed by atoms with van der Waals surface area (Å²) >= 11 is 0. The molecule has 0 saturated heterocycles. The van der Waals surface area contributed by atoms with Gasteiger partial charge in [0, 0.05) is 0 Å². The molecule has 0 atom stereocenters. The van der Waals surface area contributed by atoms with E-state index in [1.165, 1.54) is 16.8 Å². The number of hydrogen-bond acceptors (Lipinski definition) is 6. The van der Waals surface area contributed by atoms with Gasteiger partial charge in [-0.25, -0.2) is 17.9 Å². The van der Waals surface area contributed by atoms with Crippen molar-refractivity contribution in [2.75, 3.05) is 6.61 Å². The Morgan fingerprint density at radius 2 is 1.61 bits per heavy atom. The summed E-state index contributed by atoms with van der Waals surface area (Å²) in [5.41, 5.74) is 0.565. The van der Waals surface area contributed by atoms with Crippen LogP contribution >= 0.6 is 0 Å². The Hall–Kier alpha value is -3.13. The zero-order valence-electron chi connectivity index (χ0n) is 18.2. The minimum Gasteiger partial charge on any atom is -0.482 e. The molecule has 0 aliphatic rings. The largest absolute Gasteiger partial charge is 0.482 e. The second-order valence-electron chi connectivity index (χ2n) is 8.19. The fourth-order valence-electron chi connectivity index (χ4n) is 2.98. The third kappa shape index (κ3) is 4.96. The molecule has 0 saturated carbocycles. The van der Waals surface area contributed by atoms with Gasteiger partial charge in [-0.3, -0.25) is 0 Å². The Balaban J connectivity index is 1.99. The summed E-state index contributed by atoms with van der Waals surface area (Å²) in [6, 6.07) is 15.3. The highest BCUT2D eigenvalue weighted by Gasteiger charge is 2.34. The number of carbonyl (C=O) groups is 1. The summed E-state index contributed by atoms with van der Waals surface area (Å²) in [5, 5.41) is 4.38. The highest BCUT2D eigenvalue weighted by Crippen LogP contribution is 2.36. The van der Waals surface area contributed by atoms with Gasteiger partial charge < -0.3 is 9.47 Å². The summed E-state index contributed by atoms with van der Waals surface area (Å²) in [6.45, 7) is 8.63. The molecule has 7 nitrogen and oxygen atoms in total. The van der Waals surface area contributed by atoms with E-state index in [0.717, 1.165) is 5.56 Å². The van der Waals surface area contributed by atoms with Crippen molar-refractivity contribution in [1.29, 1.82) is 0 Å². The van der Waals surface area contributed by atoms with Gasteiger partial charge in [0.25, 0.3) is 0 Å². The SMILES string of the molecule is Cc1ccc(S(=O)(=O)c2c(C)nn(C(C)(C)C)c2OC(=O)COc2ccccc2)cc1. The lowest BCUT2D eigenvalue weighted by atomic mass is 10.1. The summed E-state index contributed by atoms with van der Waals surface area (Å²) in [5.74, 6) is -0.339. The van der Waals surface area contributed by atoms with Gasteiger partial charge in [-0.05, 0) is 58.9 Å². The molecule has 0 fully saturated rings. The van der Waals surface area contributed by atoms with Crippen LogP contribution in [0.1, 0.15) is 32.0 Å². The number of para-hydroxylation sites is 1. The van der Waals surface area contributed by atoms with E-state index in [2.05, 4.69) is 5.10 Å². The van der Waals surface area contributed by atoms with Crippen LogP contribution < -0.4 is 9.47 Å². The lowest BCUT2D eigenvalue weighted by molar-refractivity contribution is -0.137. The van der Waals surface area contributed by atoms with Crippen LogP contribution in [0.2, 0.25) is 0 Å². The second kappa shape index (κ2) is 8.55. The Bertz CT molecular complexity index is 1180. The third-order valence-corrected chi connectivity index (χ3v) is 6.41. The van der Waals surface area contributed by atoms with Gasteiger partial charge in [-0.15, -0.1) is 0 Å². The van der Waals surface area contributed by atoms with Gasteiger partial charge in [0.15, 0.2) is 11.5 Å². The van der Waals surface area contributed by atoms with Crippen LogP contribution in [0, 0.1) is 13.8 Å². The molecule has 0 N–H and O–H groups in total. The molecule has 31 heavy (non-hydrogen) atoms. The molecule has 2 aromatic carbocycles. The first kappa shape index (κ1) is 22.6. The number of aromatic nitrogens is 2. The number of aryl methyl sites for hydroxylation is 2. The minimum absolute atomic E-state index is 0.104. The van der Waals surface area contributed by atoms with Crippen LogP contribution in [-0.2, 0) is 20.2 Å². The van der Waals surface area contributed by atoms with Crippen LogP contribution in [0.5, 0.6) is 11.6 Å². The highest BCUT2D eigenvalue weighted by atomic mass is 32.2. The molecule has 3 aromatic rings. The average molecular weight is 443 g/mol. The van der Waals surface area contributed by atoms with E-state index in [9.17, 15) is 13.2 Å². The number of esters is 1. The Labute approximate surface area is 182 Å². The predicted molar refractivity (Wildman–Crippen MR) is 116 cm³/mol. The number of hydrogen-bond donors (Lipinski definition) is 0. The molecule has 0 aliphatic carbocycles. The number of nitrogens with zero attached hydrogens (tertiary/aromatic N) is 2. The number of carbonyl (C=O) groups excluding carboxylic acids is 1. The molecule has 8 heteroatoms. The molecule has 0 amide bonds. The molecule has 0 bridgehead atoms. The maximum atomic E-state index is 13.4. The van der Waals surface area contributed by atoms with Crippen molar-refractivity contribution >= 4 is 15.8 Å². The van der Waals surface area contributed by atoms with Crippen molar-refractivity contribution in [3.8, 4) is 11.6 Å². The first-order chi connectivity index (χ1) is 14.5. The lowest BCUT2D eigenvalue weighted by Crippen LogP contribution is -2.27. The van der Waals surface area contributed by atoms with Crippen LogP contribution in [0.3, 0.4) is 0 Å². The van der Waals surface area contributed by atoms with Crippen molar-refractivity contribution in [3.63, 3.8) is 0 Å². The zero-order chi connectivity index (χ0) is 22.8. The molecule has 1 heterocycles. The van der Waals surface area contributed by atoms with Gasteiger partial charge in [-0.1, -0.05) is 35.9 Å². The molecule has 0 radical (unpaired) electrons. The normalized spacial score (nSPS) is 11.9. The molecule has 0 unspecified atom stereocenters. The van der Waals surface area contributed by atoms with Crippen LogP contribution in [-0.4, -0.2) is 30.8 Å². The molecule has 0 spiro atoms. The summed E-state index contributed by atoms with van der Waals surface area (Å²) in [4.78, 5) is 12.5.